The van der Waals surface area contributed by atoms with Crippen molar-refractivity contribution in [2.75, 3.05) is 13.1 Å². The molecule has 2 amide bonds. The number of hydrogen-bond donors (Lipinski definition) is 3. The maximum Gasteiger partial charge on any atom is 0.312 e. The van der Waals surface area contributed by atoms with Crippen LogP contribution in [0.2, 0.25) is 0 Å². The standard InChI is InChI=1S/C4H11N3O/c5-2-1-3-7-4(6)8/h1-3,5H2,(H3,6,7,8). The Kier molecular flexibility index (Phi) is 3.97. The van der Waals surface area contributed by atoms with Crippen LogP contribution in [0.3, 0.4) is 0 Å². The van der Waals surface area contributed by atoms with E-state index in [4.69, 9.17) is 11.5 Å². The van der Waals surface area contributed by atoms with Crippen LogP contribution in [-0.4, -0.2) is 19.1 Å². The van der Waals surface area contributed by atoms with Crippen molar-refractivity contribution in [1.29, 1.82) is 0 Å². The van der Waals surface area contributed by atoms with Gasteiger partial charge in [0.15, 0.2) is 0 Å². The number of carbonyl (C=O) groups is 1. The second kappa shape index (κ2) is 4.39. The summed E-state index contributed by atoms with van der Waals surface area (Å²) < 4.78 is 0. The van der Waals surface area contributed by atoms with Gasteiger partial charge < -0.3 is 16.8 Å². The van der Waals surface area contributed by atoms with Crippen LogP contribution in [-0.2, 0) is 0 Å². The van der Waals surface area contributed by atoms with Crippen molar-refractivity contribution in [3.05, 3.63) is 0 Å². The van der Waals surface area contributed by atoms with Crippen molar-refractivity contribution in [2.45, 2.75) is 6.42 Å². The molecule has 8 heavy (non-hydrogen) atoms. The molecule has 0 rings (SSSR count). The molecular formula is C4H11N3O. The van der Waals surface area contributed by atoms with E-state index in [2.05, 4.69) is 5.32 Å². The Balaban J connectivity index is 2.82. The molecule has 0 aromatic rings. The van der Waals surface area contributed by atoms with Crippen LogP contribution in [0.15, 0.2) is 0 Å². The largest absolute Gasteiger partial charge is 0.352 e. The van der Waals surface area contributed by atoms with Gasteiger partial charge in [-0.15, -0.1) is 0 Å². The van der Waals surface area contributed by atoms with E-state index >= 15 is 0 Å². The first-order valence-electron chi connectivity index (χ1n) is 2.50. The third kappa shape index (κ3) is 5.23. The zero-order valence-corrected chi connectivity index (χ0v) is 4.68. The summed E-state index contributed by atoms with van der Waals surface area (Å²) in [5, 5.41) is 2.41. The molecule has 4 heteroatoms. The molecule has 0 heterocycles. The molecule has 0 saturated carbocycles. The summed E-state index contributed by atoms with van der Waals surface area (Å²) in [5.41, 5.74) is 9.86. The molecule has 0 fully saturated rings. The van der Waals surface area contributed by atoms with Crippen LogP contribution in [0, 0.1) is 0 Å². The first kappa shape index (κ1) is 7.23. The van der Waals surface area contributed by atoms with E-state index in [1.54, 1.807) is 0 Å². The molecule has 4 nitrogen and oxygen atoms in total. The van der Waals surface area contributed by atoms with E-state index in [1.165, 1.54) is 0 Å². The lowest BCUT2D eigenvalue weighted by molar-refractivity contribution is 0.249. The monoisotopic (exact) mass is 117 g/mol. The van der Waals surface area contributed by atoms with Crippen molar-refractivity contribution >= 4 is 6.03 Å². The summed E-state index contributed by atoms with van der Waals surface area (Å²) in [6.07, 6.45) is 0.781. The van der Waals surface area contributed by atoms with Gasteiger partial charge >= 0.3 is 6.03 Å². The lowest BCUT2D eigenvalue weighted by atomic mass is 10.4. The fraction of sp³-hybridized carbons (Fsp3) is 0.750. The van der Waals surface area contributed by atoms with E-state index in [9.17, 15) is 4.79 Å². The summed E-state index contributed by atoms with van der Waals surface area (Å²) in [5.74, 6) is 0. The molecule has 0 radical (unpaired) electrons. The van der Waals surface area contributed by atoms with Crippen LogP contribution in [0.1, 0.15) is 6.42 Å². The van der Waals surface area contributed by atoms with E-state index in [0.717, 1.165) is 6.42 Å². The van der Waals surface area contributed by atoms with Gasteiger partial charge in [0.05, 0.1) is 0 Å². The third-order valence-electron chi connectivity index (χ3n) is 0.680. The number of rotatable bonds is 3. The second-order valence-corrected chi connectivity index (χ2v) is 1.43. The summed E-state index contributed by atoms with van der Waals surface area (Å²) in [6, 6.07) is -0.488. The minimum absolute atomic E-state index is 0.488. The molecule has 0 unspecified atom stereocenters. The van der Waals surface area contributed by atoms with Gasteiger partial charge in [-0.05, 0) is 13.0 Å². The fourth-order valence-corrected chi connectivity index (χ4v) is 0.314. The molecule has 0 bridgehead atoms. The molecule has 0 atom stereocenters. The molecule has 0 aromatic carbocycles. The number of nitrogens with one attached hydrogen (secondary N) is 1. The van der Waals surface area contributed by atoms with Gasteiger partial charge in [-0.1, -0.05) is 0 Å². The smallest absolute Gasteiger partial charge is 0.312 e. The van der Waals surface area contributed by atoms with Gasteiger partial charge in [0.25, 0.3) is 0 Å². The van der Waals surface area contributed by atoms with Crippen LogP contribution in [0.5, 0.6) is 0 Å². The normalized spacial score (nSPS) is 8.62. The van der Waals surface area contributed by atoms with Crippen LogP contribution >= 0.6 is 0 Å². The van der Waals surface area contributed by atoms with E-state index in [0.29, 0.717) is 13.1 Å². The van der Waals surface area contributed by atoms with Crippen LogP contribution in [0.4, 0.5) is 4.79 Å². The van der Waals surface area contributed by atoms with Gasteiger partial charge in [-0.25, -0.2) is 4.79 Å². The summed E-state index contributed by atoms with van der Waals surface area (Å²) in [6.45, 7) is 1.16. The Morgan fingerprint density at radius 2 is 2.25 bits per heavy atom. The molecule has 0 aliphatic rings. The number of urea groups is 1. The lowest BCUT2D eigenvalue weighted by Gasteiger charge is -1.96. The van der Waals surface area contributed by atoms with Crippen molar-refractivity contribution in [2.24, 2.45) is 11.5 Å². The van der Waals surface area contributed by atoms with Gasteiger partial charge in [-0.2, -0.15) is 0 Å². The molecule has 0 saturated heterocycles. The average Bonchev–Trinajstić information content (AvgIpc) is 1.66. The average molecular weight is 117 g/mol. The number of hydrogen-bond acceptors (Lipinski definition) is 2. The van der Waals surface area contributed by atoms with Crippen molar-refractivity contribution < 1.29 is 4.79 Å². The Labute approximate surface area is 48.2 Å². The topological polar surface area (TPSA) is 81.1 Å². The highest BCUT2D eigenvalue weighted by molar-refractivity contribution is 5.71. The van der Waals surface area contributed by atoms with Crippen molar-refractivity contribution in [3.8, 4) is 0 Å². The Hall–Kier alpha value is -0.770. The molecular weight excluding hydrogens is 106 g/mol. The minimum Gasteiger partial charge on any atom is -0.352 e. The fourth-order valence-electron chi connectivity index (χ4n) is 0.314. The number of nitrogens with two attached hydrogens (primary N) is 2. The molecule has 0 aromatic heterocycles. The van der Waals surface area contributed by atoms with E-state index in [-0.39, 0.29) is 0 Å². The minimum atomic E-state index is -0.488. The van der Waals surface area contributed by atoms with Gasteiger partial charge in [0.1, 0.15) is 0 Å². The molecule has 0 spiro atoms. The summed E-state index contributed by atoms with van der Waals surface area (Å²) in [7, 11) is 0. The maximum absolute atomic E-state index is 9.94. The number of amides is 2. The Bertz CT molecular complexity index is 73.7. The zero-order valence-electron chi connectivity index (χ0n) is 4.68. The molecule has 48 valence electrons. The van der Waals surface area contributed by atoms with E-state index in [1.807, 2.05) is 0 Å². The quantitative estimate of drug-likeness (QED) is 0.414. The summed E-state index contributed by atoms with van der Waals surface area (Å²) in [4.78, 5) is 9.94. The number of primary amides is 1. The van der Waals surface area contributed by atoms with Gasteiger partial charge in [0.2, 0.25) is 0 Å². The predicted molar refractivity (Wildman–Crippen MR) is 31.3 cm³/mol. The van der Waals surface area contributed by atoms with Crippen molar-refractivity contribution in [3.63, 3.8) is 0 Å². The highest BCUT2D eigenvalue weighted by atomic mass is 16.2. The maximum atomic E-state index is 9.94. The van der Waals surface area contributed by atoms with E-state index < -0.39 is 6.03 Å². The highest BCUT2D eigenvalue weighted by Gasteiger charge is 1.86. The predicted octanol–water partition coefficient (Wildman–Crippen LogP) is -0.996. The van der Waals surface area contributed by atoms with Crippen LogP contribution < -0.4 is 16.8 Å². The Morgan fingerprint density at radius 3 is 2.62 bits per heavy atom. The first-order valence-corrected chi connectivity index (χ1v) is 2.50. The SMILES string of the molecule is NCCCNC(N)=O. The molecule has 5 N–H and O–H groups in total. The highest BCUT2D eigenvalue weighted by Crippen LogP contribution is 1.66. The third-order valence-corrected chi connectivity index (χ3v) is 0.680. The Morgan fingerprint density at radius 1 is 1.62 bits per heavy atom. The summed E-state index contributed by atoms with van der Waals surface area (Å²) >= 11 is 0. The second-order valence-electron chi connectivity index (χ2n) is 1.43. The van der Waals surface area contributed by atoms with Crippen LogP contribution in [0.25, 0.3) is 0 Å². The first-order chi connectivity index (χ1) is 3.77. The lowest BCUT2D eigenvalue weighted by Crippen LogP contribution is -2.30. The van der Waals surface area contributed by atoms with Gasteiger partial charge in [0, 0.05) is 6.54 Å². The van der Waals surface area contributed by atoms with Crippen molar-refractivity contribution in [1.82, 2.24) is 5.32 Å². The number of carbonyl (C=O) groups excluding carboxylic acids is 1. The van der Waals surface area contributed by atoms with Gasteiger partial charge in [-0.3, -0.25) is 0 Å². The zero-order chi connectivity index (χ0) is 6.41. The molecule has 0 aliphatic carbocycles. The molecule has 0 aliphatic heterocycles.